The lowest BCUT2D eigenvalue weighted by atomic mass is 9.85. The molecule has 458 valence electrons. The number of nitrogens with zero attached hydrogens (tertiary/aromatic N) is 4. The summed E-state index contributed by atoms with van der Waals surface area (Å²) in [6.45, 7) is 13.8. The molecule has 0 bridgehead atoms. The molecule has 3 unspecified atom stereocenters. The summed E-state index contributed by atoms with van der Waals surface area (Å²) in [6, 6.07) is 16.4. The Morgan fingerprint density at radius 3 is 2.12 bits per heavy atom. The number of thiophene rings is 1. The second-order valence-electron chi connectivity index (χ2n) is 23.9. The van der Waals surface area contributed by atoms with Crippen LogP contribution in [0.3, 0.4) is 0 Å². The molecular formula is C59H73F2N8O13PS2. The van der Waals surface area contributed by atoms with Gasteiger partial charge < -0.3 is 60.3 Å². The summed E-state index contributed by atoms with van der Waals surface area (Å²) >= 11 is 2.45. The van der Waals surface area contributed by atoms with E-state index < -0.39 is 126 Å². The molecule has 21 nitrogen and oxygen atoms in total. The van der Waals surface area contributed by atoms with Crippen LogP contribution in [0.4, 0.5) is 8.78 Å². The van der Waals surface area contributed by atoms with Crippen molar-refractivity contribution in [1.82, 2.24) is 41.0 Å². The minimum atomic E-state index is -5.88. The fourth-order valence-electron chi connectivity index (χ4n) is 10.7. The van der Waals surface area contributed by atoms with Crippen LogP contribution in [0.5, 0.6) is 0 Å². The average Bonchev–Trinajstić information content (AvgIpc) is 3.63. The molecule has 85 heavy (non-hydrogen) atoms. The van der Waals surface area contributed by atoms with Crippen molar-refractivity contribution in [3.63, 3.8) is 0 Å². The molecule has 0 aliphatic carbocycles. The van der Waals surface area contributed by atoms with Gasteiger partial charge in [-0.15, -0.1) is 22.7 Å². The van der Waals surface area contributed by atoms with Crippen LogP contribution in [0.2, 0.25) is 0 Å². The highest BCUT2D eigenvalue weighted by Crippen LogP contribution is 2.59. The standard InChI is InChI=1S/C59H73F2N8O13PS2/c1-33(35-14-16-37(17-15-35)49-34(2)63-32-84-49)64-52(73)42-26-40(70)28-68(42)55(76)50(57(3,4)5)65-47(71)20-21-62-48(72)31-82-41-27-43(54(75)67-22-23-81-44(30-67)36-12-10-9-11-13-36)69(29-41)56(77)51(58(6,7)8)66-53(74)46-25-38-24-39(18-19-45(38)85-46)59(60,61)83(78,79)80/h9-19,24-25,32-33,40-44,50-51,70H,20-23,26-31H2,1-8H3,(H,62,72)(H,64,73)(H,65,71)(H,66,74)(H2,78,79,80)/t33?,40-,41+,42+,43+,44+,50?,51?/m1/s1. The normalized spacial score (nSPS) is 20.6. The van der Waals surface area contributed by atoms with Crippen molar-refractivity contribution >= 4 is 81.7 Å². The zero-order valence-electron chi connectivity index (χ0n) is 48.5. The third-order valence-corrected chi connectivity index (χ3v) is 18.5. The van der Waals surface area contributed by atoms with E-state index in [1.54, 1.807) is 52.0 Å². The van der Waals surface area contributed by atoms with Crippen molar-refractivity contribution < 1.29 is 71.3 Å². The van der Waals surface area contributed by atoms with E-state index in [1.807, 2.05) is 68.4 Å². The quantitative estimate of drug-likeness (QED) is 0.0456. The van der Waals surface area contributed by atoms with Crippen LogP contribution >= 0.6 is 30.3 Å². The number of aliphatic hydroxyl groups is 1. The van der Waals surface area contributed by atoms with Gasteiger partial charge in [-0.2, -0.15) is 8.78 Å². The van der Waals surface area contributed by atoms with E-state index in [-0.39, 0.29) is 68.9 Å². The Kier molecular flexibility index (Phi) is 19.8. The number of carbonyl (C=O) groups excluding carboxylic acids is 7. The molecule has 8 atom stereocenters. The fraction of sp³-hybridized carbons (Fsp3) is 0.492. The molecule has 3 fully saturated rings. The smallest absolute Gasteiger partial charge is 0.391 e. The van der Waals surface area contributed by atoms with Gasteiger partial charge in [0, 0.05) is 55.7 Å². The van der Waals surface area contributed by atoms with E-state index in [1.165, 1.54) is 33.3 Å². The molecular weight excluding hydrogens is 1160 g/mol. The van der Waals surface area contributed by atoms with Crippen molar-refractivity contribution in [2.45, 2.75) is 129 Å². The Morgan fingerprint density at radius 1 is 0.824 bits per heavy atom. The van der Waals surface area contributed by atoms with Gasteiger partial charge in [0.05, 0.1) is 52.4 Å². The fourth-order valence-corrected chi connectivity index (χ4v) is 12.9. The molecule has 0 spiro atoms. The van der Waals surface area contributed by atoms with Crippen LogP contribution in [-0.2, 0) is 48.5 Å². The zero-order valence-corrected chi connectivity index (χ0v) is 51.0. The van der Waals surface area contributed by atoms with Crippen LogP contribution in [0.15, 0.2) is 84.4 Å². The van der Waals surface area contributed by atoms with E-state index in [9.17, 15) is 61.8 Å². The van der Waals surface area contributed by atoms with Gasteiger partial charge in [-0.05, 0) is 65.0 Å². The van der Waals surface area contributed by atoms with Crippen LogP contribution < -0.4 is 21.3 Å². The van der Waals surface area contributed by atoms with E-state index in [2.05, 4.69) is 26.3 Å². The number of likely N-dealkylation sites (tertiary alicyclic amines) is 2. The number of thiazole rings is 1. The second kappa shape index (κ2) is 26.2. The van der Waals surface area contributed by atoms with Gasteiger partial charge in [-0.25, -0.2) is 4.98 Å². The Morgan fingerprint density at radius 2 is 1.48 bits per heavy atom. The lowest BCUT2D eigenvalue weighted by Gasteiger charge is -2.38. The van der Waals surface area contributed by atoms with Gasteiger partial charge in [0.1, 0.15) is 36.9 Å². The summed E-state index contributed by atoms with van der Waals surface area (Å²) in [5.41, 5.74) is -1.88. The third kappa shape index (κ3) is 15.2. The van der Waals surface area contributed by atoms with Gasteiger partial charge in [0.15, 0.2) is 0 Å². The predicted octanol–water partition coefficient (Wildman–Crippen LogP) is 6.17. The number of fused-ring (bicyclic) bond motifs is 1. The maximum atomic E-state index is 14.9. The number of halogens is 2. The lowest BCUT2D eigenvalue weighted by Crippen LogP contribution is -2.58. The number of nitrogens with one attached hydrogen (secondary N) is 4. The Labute approximate surface area is 499 Å². The van der Waals surface area contributed by atoms with Crippen LogP contribution in [0, 0.1) is 17.8 Å². The second-order valence-corrected chi connectivity index (χ2v) is 27.5. The van der Waals surface area contributed by atoms with Gasteiger partial charge in [0.2, 0.25) is 35.4 Å². The molecule has 0 radical (unpaired) electrons. The maximum Gasteiger partial charge on any atom is 0.399 e. The minimum absolute atomic E-state index is 0.00119. The highest BCUT2D eigenvalue weighted by Gasteiger charge is 2.51. The molecule has 2 aromatic heterocycles. The SMILES string of the molecule is Cc1ncsc1-c1ccc(C(C)NC(=O)[C@@H]2C[C@@H](O)CN2C(=O)C(NC(=O)CCNC(=O)CO[C@H]2C[C@@H](C(=O)N3CCO[C@H](c4ccccc4)C3)N(C(=O)C(NC(=O)c3cc4cc(C(F)(F)P(=O)(O)O)ccc4s3)C(C)(C)C)C2)C(C)(C)C)cc1. The number of rotatable bonds is 19. The number of amides is 7. The number of aromatic nitrogens is 1. The minimum Gasteiger partial charge on any atom is -0.391 e. The molecule has 3 aromatic carbocycles. The Hall–Kier alpha value is -6.57. The van der Waals surface area contributed by atoms with Crippen LogP contribution in [0.25, 0.3) is 20.5 Å². The number of aliphatic hydroxyl groups excluding tert-OH is 1. The maximum absolute atomic E-state index is 14.9. The Balaban J connectivity index is 0.891. The molecule has 7 amide bonds. The summed E-state index contributed by atoms with van der Waals surface area (Å²) in [5, 5.41) is 22.1. The summed E-state index contributed by atoms with van der Waals surface area (Å²) < 4.78 is 53.4. The number of aryl methyl sites for hydroxylation is 1. The number of hydrogen-bond donors (Lipinski definition) is 7. The number of alkyl halides is 2. The molecule has 3 saturated heterocycles. The molecule has 3 aliphatic heterocycles. The van der Waals surface area contributed by atoms with E-state index in [0.717, 1.165) is 50.7 Å². The first-order chi connectivity index (χ1) is 39.9. The number of hydrogen-bond acceptors (Lipinski definition) is 14. The van der Waals surface area contributed by atoms with Crippen molar-refractivity contribution in [2.75, 3.05) is 45.9 Å². The molecule has 0 saturated carbocycles. The molecule has 26 heteroatoms. The third-order valence-electron chi connectivity index (χ3n) is 15.4. The molecule has 8 rings (SSSR count). The van der Waals surface area contributed by atoms with E-state index in [0.29, 0.717) is 4.70 Å². The van der Waals surface area contributed by atoms with Gasteiger partial charge >= 0.3 is 13.3 Å². The highest BCUT2D eigenvalue weighted by molar-refractivity contribution is 7.52. The van der Waals surface area contributed by atoms with Gasteiger partial charge in [0.25, 0.3) is 5.91 Å². The van der Waals surface area contributed by atoms with Crippen molar-refractivity contribution in [2.24, 2.45) is 10.8 Å². The van der Waals surface area contributed by atoms with E-state index >= 15 is 0 Å². The van der Waals surface area contributed by atoms with Crippen LogP contribution in [-0.4, -0.2) is 158 Å². The number of benzene rings is 3. The molecule has 3 aliphatic rings. The van der Waals surface area contributed by atoms with Gasteiger partial charge in [-0.3, -0.25) is 38.1 Å². The Bertz CT molecular complexity index is 3330. The first kappa shape index (κ1) is 64.4. The molecule has 7 N–H and O–H groups in total. The number of ether oxygens (including phenoxy) is 2. The predicted molar refractivity (Wildman–Crippen MR) is 314 cm³/mol. The summed E-state index contributed by atoms with van der Waals surface area (Å²) in [6.07, 6.45) is -2.59. The molecule has 5 aromatic rings. The summed E-state index contributed by atoms with van der Waals surface area (Å²) in [5.74, 6) is -4.00. The van der Waals surface area contributed by atoms with Gasteiger partial charge in [-0.1, -0.05) is 102 Å². The first-order valence-corrected chi connectivity index (χ1v) is 31.2. The summed E-state index contributed by atoms with van der Waals surface area (Å²) in [4.78, 5) is 127. The highest BCUT2D eigenvalue weighted by atomic mass is 32.1. The average molecular weight is 1240 g/mol. The lowest BCUT2D eigenvalue weighted by molar-refractivity contribution is -0.150. The molecule has 5 heterocycles. The summed E-state index contributed by atoms with van der Waals surface area (Å²) in [7, 11) is -5.88. The largest absolute Gasteiger partial charge is 0.399 e. The zero-order chi connectivity index (χ0) is 61.9. The number of morpholine rings is 1. The number of β-amino-alcohol motifs (C(OH)–C–C–N with tert-alkyl or cyclic N) is 1. The monoisotopic (exact) mass is 1230 g/mol. The topological polar surface area (TPSA) is 286 Å². The van der Waals surface area contributed by atoms with Crippen LogP contribution in [0.1, 0.15) is 112 Å². The van der Waals surface area contributed by atoms with Crippen molar-refractivity contribution in [1.29, 1.82) is 0 Å². The van der Waals surface area contributed by atoms with Crippen molar-refractivity contribution in [3.05, 3.63) is 112 Å². The van der Waals surface area contributed by atoms with E-state index in [4.69, 9.17) is 9.47 Å². The first-order valence-electron chi connectivity index (χ1n) is 27.9. The number of carbonyl (C=O) groups is 7. The van der Waals surface area contributed by atoms with Crippen molar-refractivity contribution in [3.8, 4) is 10.4 Å².